The van der Waals surface area contributed by atoms with Crippen LogP contribution in [-0.2, 0) is 4.74 Å². The number of nitrogens with zero attached hydrogens (tertiary/aromatic N) is 2. The molecule has 0 radical (unpaired) electrons. The number of piperidine rings is 1. The fraction of sp³-hybridized carbons (Fsp3) is 0.769. The molecule has 2 heterocycles. The summed E-state index contributed by atoms with van der Waals surface area (Å²) >= 11 is 0. The van der Waals surface area contributed by atoms with Crippen molar-refractivity contribution in [2.24, 2.45) is 0 Å². The van der Waals surface area contributed by atoms with E-state index in [1.807, 2.05) is 27.0 Å². The summed E-state index contributed by atoms with van der Waals surface area (Å²) in [7, 11) is 0. The number of hydrogen-bond donors (Lipinski definition) is 1. The summed E-state index contributed by atoms with van der Waals surface area (Å²) in [4.78, 5) is 16.0. The van der Waals surface area contributed by atoms with Crippen molar-refractivity contribution in [3.63, 3.8) is 0 Å². The van der Waals surface area contributed by atoms with Crippen LogP contribution in [0.25, 0.3) is 0 Å². The van der Waals surface area contributed by atoms with Crippen molar-refractivity contribution in [1.82, 2.24) is 15.1 Å². The normalized spacial score (nSPS) is 25.1. The lowest BCUT2D eigenvalue weighted by molar-refractivity contribution is 0.000107. The minimum absolute atomic E-state index is 0.0832. The van der Waals surface area contributed by atoms with Crippen LogP contribution in [0.5, 0.6) is 0 Å². The Bertz CT molecular complexity index is 330. The van der Waals surface area contributed by atoms with Gasteiger partial charge in [-0.05, 0) is 33.6 Å². The van der Waals surface area contributed by atoms with Gasteiger partial charge in [0.05, 0.1) is 0 Å². The molecular formula is C13H23N3O2. The minimum atomic E-state index is -0.458. The van der Waals surface area contributed by atoms with Crippen molar-refractivity contribution < 1.29 is 9.53 Å². The smallest absolute Gasteiger partial charge is 0.417 e. The first kappa shape index (κ1) is 13.2. The number of hydrogen-bond acceptors (Lipinski definition) is 4. The number of ether oxygens (including phenoxy) is 1. The highest BCUT2D eigenvalue weighted by atomic mass is 16.6. The van der Waals surface area contributed by atoms with Crippen LogP contribution in [-0.4, -0.2) is 40.9 Å². The zero-order valence-corrected chi connectivity index (χ0v) is 11.5. The molecule has 102 valence electrons. The van der Waals surface area contributed by atoms with Gasteiger partial charge in [0.1, 0.15) is 5.60 Å². The first-order valence-electron chi connectivity index (χ1n) is 6.65. The predicted octanol–water partition coefficient (Wildman–Crippen LogP) is 2.07. The third kappa shape index (κ3) is 3.16. The first-order valence-corrected chi connectivity index (χ1v) is 6.65. The molecule has 0 spiro atoms. The molecule has 0 aliphatic carbocycles. The van der Waals surface area contributed by atoms with Crippen LogP contribution in [0.15, 0.2) is 12.4 Å². The molecule has 1 N–H and O–H groups in total. The maximum Gasteiger partial charge on any atom is 0.417 e. The first-order chi connectivity index (χ1) is 8.47. The minimum Gasteiger partial charge on any atom is -0.443 e. The van der Waals surface area contributed by atoms with E-state index in [0.29, 0.717) is 0 Å². The van der Waals surface area contributed by atoms with Crippen LogP contribution in [0.4, 0.5) is 4.79 Å². The number of amides is 1. The van der Waals surface area contributed by atoms with Gasteiger partial charge in [-0.1, -0.05) is 6.42 Å². The van der Waals surface area contributed by atoms with Crippen LogP contribution < -0.4 is 5.32 Å². The van der Waals surface area contributed by atoms with Gasteiger partial charge >= 0.3 is 6.09 Å². The largest absolute Gasteiger partial charge is 0.443 e. The molecule has 0 aromatic carbocycles. The molecular weight excluding hydrogens is 230 g/mol. The maximum atomic E-state index is 12.1. The van der Waals surface area contributed by atoms with Crippen LogP contribution in [0.3, 0.4) is 0 Å². The summed E-state index contributed by atoms with van der Waals surface area (Å²) in [5, 5.41) is 3.21. The highest BCUT2D eigenvalue weighted by Crippen LogP contribution is 2.19. The summed E-state index contributed by atoms with van der Waals surface area (Å²) in [6.07, 6.45) is 6.86. The van der Waals surface area contributed by atoms with E-state index in [2.05, 4.69) is 10.2 Å². The van der Waals surface area contributed by atoms with Crippen LogP contribution in [0.2, 0.25) is 0 Å². The van der Waals surface area contributed by atoms with E-state index in [1.165, 1.54) is 19.3 Å². The molecule has 1 fully saturated rings. The molecule has 2 aliphatic rings. The van der Waals surface area contributed by atoms with Crippen LogP contribution in [0.1, 0.15) is 40.0 Å². The fourth-order valence-corrected chi connectivity index (χ4v) is 2.29. The number of rotatable bonds is 1. The molecule has 0 saturated carbocycles. The van der Waals surface area contributed by atoms with Gasteiger partial charge in [0.25, 0.3) is 0 Å². The molecule has 1 amide bonds. The summed E-state index contributed by atoms with van der Waals surface area (Å²) in [6.45, 7) is 7.70. The quantitative estimate of drug-likeness (QED) is 0.777. The third-order valence-electron chi connectivity index (χ3n) is 3.08. The van der Waals surface area contributed by atoms with E-state index < -0.39 is 5.60 Å². The Morgan fingerprint density at radius 3 is 2.56 bits per heavy atom. The van der Waals surface area contributed by atoms with E-state index in [1.54, 1.807) is 11.1 Å². The van der Waals surface area contributed by atoms with E-state index in [9.17, 15) is 4.79 Å². The number of carbonyl (C=O) groups excluding carboxylic acids is 1. The van der Waals surface area contributed by atoms with Gasteiger partial charge in [-0.2, -0.15) is 0 Å². The molecule has 1 unspecified atom stereocenters. The zero-order valence-electron chi connectivity index (χ0n) is 11.5. The SMILES string of the molecule is CC(C)(C)OC(=O)N1C=CNC1N1CCCCC1. The summed E-state index contributed by atoms with van der Waals surface area (Å²) in [5.74, 6) is 0. The van der Waals surface area contributed by atoms with E-state index in [-0.39, 0.29) is 12.4 Å². The van der Waals surface area contributed by atoms with Crippen molar-refractivity contribution >= 4 is 6.09 Å². The van der Waals surface area contributed by atoms with E-state index >= 15 is 0 Å². The van der Waals surface area contributed by atoms with Gasteiger partial charge < -0.3 is 10.1 Å². The second kappa shape index (κ2) is 5.18. The lowest BCUT2D eigenvalue weighted by atomic mass is 10.1. The molecule has 1 atom stereocenters. The molecule has 1 saturated heterocycles. The molecule has 5 nitrogen and oxygen atoms in total. The fourth-order valence-electron chi connectivity index (χ4n) is 2.29. The van der Waals surface area contributed by atoms with Gasteiger partial charge in [0.2, 0.25) is 0 Å². The maximum absolute atomic E-state index is 12.1. The molecule has 18 heavy (non-hydrogen) atoms. The Morgan fingerprint density at radius 1 is 1.28 bits per heavy atom. The van der Waals surface area contributed by atoms with Gasteiger partial charge in [0.15, 0.2) is 6.29 Å². The van der Waals surface area contributed by atoms with Crippen molar-refractivity contribution in [3.8, 4) is 0 Å². The topological polar surface area (TPSA) is 44.8 Å². The van der Waals surface area contributed by atoms with Gasteiger partial charge in [-0.25, -0.2) is 9.69 Å². The number of nitrogens with one attached hydrogen (secondary N) is 1. The Balaban J connectivity index is 1.97. The Labute approximate surface area is 109 Å². The third-order valence-corrected chi connectivity index (χ3v) is 3.08. The summed E-state index contributed by atoms with van der Waals surface area (Å²) in [6, 6.07) is 0. The second-order valence-electron chi connectivity index (χ2n) is 5.84. The van der Waals surface area contributed by atoms with Crippen molar-refractivity contribution in [3.05, 3.63) is 12.4 Å². The second-order valence-corrected chi connectivity index (χ2v) is 5.84. The predicted molar refractivity (Wildman–Crippen MR) is 69.6 cm³/mol. The van der Waals surface area contributed by atoms with Crippen LogP contribution >= 0.6 is 0 Å². The van der Waals surface area contributed by atoms with Crippen LogP contribution in [0, 0.1) is 0 Å². The number of carbonyl (C=O) groups is 1. The highest BCUT2D eigenvalue weighted by molar-refractivity contribution is 5.70. The monoisotopic (exact) mass is 253 g/mol. The summed E-state index contributed by atoms with van der Waals surface area (Å²) in [5.41, 5.74) is -0.458. The van der Waals surface area contributed by atoms with Gasteiger partial charge in [-0.15, -0.1) is 0 Å². The molecule has 0 bridgehead atoms. The molecule has 0 aromatic rings. The van der Waals surface area contributed by atoms with Crippen molar-refractivity contribution in [1.29, 1.82) is 0 Å². The average Bonchev–Trinajstić information content (AvgIpc) is 2.76. The Morgan fingerprint density at radius 2 is 1.94 bits per heavy atom. The molecule has 0 aromatic heterocycles. The van der Waals surface area contributed by atoms with E-state index in [0.717, 1.165) is 13.1 Å². The Hall–Kier alpha value is -1.23. The summed E-state index contributed by atoms with van der Waals surface area (Å²) < 4.78 is 5.41. The molecule has 5 heteroatoms. The molecule has 2 aliphatic heterocycles. The van der Waals surface area contributed by atoms with Crippen molar-refractivity contribution in [2.75, 3.05) is 13.1 Å². The average molecular weight is 253 g/mol. The number of likely N-dealkylation sites (tertiary alicyclic amines) is 1. The van der Waals surface area contributed by atoms with Gasteiger partial charge in [0, 0.05) is 25.5 Å². The zero-order chi connectivity index (χ0) is 13.2. The lowest BCUT2D eigenvalue weighted by Crippen LogP contribution is -2.54. The Kier molecular flexibility index (Phi) is 3.80. The van der Waals surface area contributed by atoms with Gasteiger partial charge in [-0.3, -0.25) is 4.90 Å². The highest BCUT2D eigenvalue weighted by Gasteiger charge is 2.33. The van der Waals surface area contributed by atoms with E-state index in [4.69, 9.17) is 4.74 Å². The van der Waals surface area contributed by atoms with Crippen molar-refractivity contribution in [2.45, 2.75) is 51.9 Å². The standard InChI is InChI=1S/C13H23N3O2/c1-13(2,3)18-12(17)16-10-7-14-11(16)15-8-5-4-6-9-15/h7,10-11,14H,4-6,8-9H2,1-3H3. The lowest BCUT2D eigenvalue weighted by Gasteiger charge is -2.37. The molecule has 2 rings (SSSR count).